The van der Waals surface area contributed by atoms with Gasteiger partial charge in [0, 0.05) is 18.5 Å². The summed E-state index contributed by atoms with van der Waals surface area (Å²) in [6.45, 7) is -2.54. The van der Waals surface area contributed by atoms with Crippen LogP contribution in [-0.4, -0.2) is 41.7 Å². The highest BCUT2D eigenvalue weighted by Crippen LogP contribution is 2.60. The predicted molar refractivity (Wildman–Crippen MR) is 119 cm³/mol. The molecule has 5 aliphatic rings. The Bertz CT molecular complexity index is 959. The quantitative estimate of drug-likeness (QED) is 0.580. The lowest BCUT2D eigenvalue weighted by atomic mass is 9.49. The third-order valence-corrected chi connectivity index (χ3v) is 8.32. The van der Waals surface area contributed by atoms with Crippen LogP contribution in [0, 0.1) is 23.2 Å². The Morgan fingerprint density at radius 2 is 1.73 bits per heavy atom. The van der Waals surface area contributed by atoms with Gasteiger partial charge in [-0.05, 0) is 91.8 Å². The fourth-order valence-electron chi connectivity index (χ4n) is 6.45. The SMILES string of the molecule is O=C1S/C(=C/c2ccc(OC(F)F)cc2)C(=O)N1CCNC(=O)C12CC3CC(CC(C3)C1)C2. The molecule has 0 atom stereocenters. The molecule has 0 aromatic heterocycles. The molecule has 1 heterocycles. The lowest BCUT2D eigenvalue weighted by Crippen LogP contribution is -2.54. The minimum atomic E-state index is -2.91. The van der Waals surface area contributed by atoms with Crippen molar-refractivity contribution >= 4 is 34.9 Å². The molecule has 4 aliphatic carbocycles. The van der Waals surface area contributed by atoms with Gasteiger partial charge in [0.25, 0.3) is 11.1 Å². The van der Waals surface area contributed by atoms with Crippen LogP contribution in [0.4, 0.5) is 13.6 Å². The molecule has 6 rings (SSSR count). The third-order valence-electron chi connectivity index (χ3n) is 7.42. The number of hydrogen-bond acceptors (Lipinski definition) is 5. The summed E-state index contributed by atoms with van der Waals surface area (Å²) in [4.78, 5) is 39.5. The van der Waals surface area contributed by atoms with Crippen molar-refractivity contribution in [3.63, 3.8) is 0 Å². The van der Waals surface area contributed by atoms with E-state index >= 15 is 0 Å². The molecule has 0 unspecified atom stereocenters. The van der Waals surface area contributed by atoms with Gasteiger partial charge in [-0.25, -0.2) is 0 Å². The van der Waals surface area contributed by atoms with Crippen molar-refractivity contribution < 1.29 is 27.9 Å². The Labute approximate surface area is 195 Å². The van der Waals surface area contributed by atoms with Crippen molar-refractivity contribution in [3.05, 3.63) is 34.7 Å². The Balaban J connectivity index is 1.16. The average Bonchev–Trinajstić information content (AvgIpc) is 3.01. The summed E-state index contributed by atoms with van der Waals surface area (Å²) in [5, 5.41) is 2.62. The zero-order valence-corrected chi connectivity index (χ0v) is 18.9. The maximum atomic E-state index is 13.1. The van der Waals surface area contributed by atoms with Gasteiger partial charge in [-0.2, -0.15) is 8.78 Å². The summed E-state index contributed by atoms with van der Waals surface area (Å²) in [6, 6.07) is 5.83. The Kier molecular flexibility index (Phi) is 5.93. The molecule has 1 aromatic rings. The number of nitrogens with zero attached hydrogens (tertiary/aromatic N) is 1. The second kappa shape index (κ2) is 8.74. The second-order valence-electron chi connectivity index (χ2n) is 9.73. The molecule has 1 aliphatic heterocycles. The van der Waals surface area contributed by atoms with Crippen LogP contribution in [0.5, 0.6) is 5.75 Å². The summed E-state index contributed by atoms with van der Waals surface area (Å²) in [7, 11) is 0. The van der Waals surface area contributed by atoms with Crippen molar-refractivity contribution in [2.75, 3.05) is 13.1 Å². The topological polar surface area (TPSA) is 75.7 Å². The minimum absolute atomic E-state index is 0.0185. The van der Waals surface area contributed by atoms with Crippen LogP contribution < -0.4 is 10.1 Å². The number of alkyl halides is 2. The van der Waals surface area contributed by atoms with Gasteiger partial charge in [0.2, 0.25) is 5.91 Å². The molecular formula is C24H26F2N2O4S. The first-order chi connectivity index (χ1) is 15.8. The number of thioether (sulfide) groups is 1. The van der Waals surface area contributed by atoms with E-state index in [9.17, 15) is 23.2 Å². The summed E-state index contributed by atoms with van der Waals surface area (Å²) in [6.07, 6.45) is 8.24. The number of rotatable bonds is 7. The molecule has 3 amide bonds. The lowest BCUT2D eigenvalue weighted by Gasteiger charge is -2.55. The third kappa shape index (κ3) is 4.52. The molecule has 33 heavy (non-hydrogen) atoms. The van der Waals surface area contributed by atoms with Crippen LogP contribution in [0.2, 0.25) is 0 Å². The van der Waals surface area contributed by atoms with Crippen molar-refractivity contribution in [3.8, 4) is 5.75 Å². The standard InChI is InChI=1S/C24H26F2N2O4S/c25-22(26)32-18-3-1-14(2-4-18)10-19-20(29)28(23(31)33-19)6-5-27-21(30)24-11-15-7-16(12-24)9-17(8-15)13-24/h1-4,10,15-17,22H,5-9,11-13H2,(H,27,30)/b19-10+. The summed E-state index contributed by atoms with van der Waals surface area (Å²) in [5.74, 6) is 1.69. The van der Waals surface area contributed by atoms with E-state index in [4.69, 9.17) is 0 Å². The van der Waals surface area contributed by atoms with Gasteiger partial charge in [-0.1, -0.05) is 12.1 Å². The van der Waals surface area contributed by atoms with Gasteiger partial charge in [-0.15, -0.1) is 0 Å². The number of imide groups is 1. The first-order valence-corrected chi connectivity index (χ1v) is 12.2. The van der Waals surface area contributed by atoms with E-state index < -0.39 is 12.5 Å². The summed E-state index contributed by atoms with van der Waals surface area (Å²) < 4.78 is 28.9. The highest BCUT2D eigenvalue weighted by atomic mass is 32.2. The Hall–Kier alpha value is -2.42. The number of halogens is 2. The fraction of sp³-hybridized carbons (Fsp3) is 0.542. The second-order valence-corrected chi connectivity index (χ2v) is 10.7. The van der Waals surface area contributed by atoms with E-state index in [0.717, 1.165) is 35.9 Å². The zero-order valence-electron chi connectivity index (χ0n) is 18.1. The van der Waals surface area contributed by atoms with Gasteiger partial charge in [0.15, 0.2) is 0 Å². The monoisotopic (exact) mass is 476 g/mol. The van der Waals surface area contributed by atoms with Crippen molar-refractivity contribution in [1.82, 2.24) is 10.2 Å². The van der Waals surface area contributed by atoms with Gasteiger partial charge in [0.05, 0.1) is 4.91 Å². The van der Waals surface area contributed by atoms with E-state index in [1.807, 2.05) is 0 Å². The molecule has 1 saturated heterocycles. The number of benzene rings is 1. The van der Waals surface area contributed by atoms with Crippen LogP contribution in [0.1, 0.15) is 44.1 Å². The largest absolute Gasteiger partial charge is 0.435 e. The first-order valence-electron chi connectivity index (χ1n) is 11.4. The lowest BCUT2D eigenvalue weighted by molar-refractivity contribution is -0.146. The normalized spacial score (nSPS) is 31.7. The van der Waals surface area contributed by atoms with Crippen LogP contribution in [-0.2, 0) is 9.59 Å². The summed E-state index contributed by atoms with van der Waals surface area (Å²) in [5.41, 5.74) is 0.338. The zero-order chi connectivity index (χ0) is 23.2. The number of carbonyl (C=O) groups excluding carboxylic acids is 3. The fourth-order valence-corrected chi connectivity index (χ4v) is 7.31. The highest BCUT2D eigenvalue weighted by Gasteiger charge is 2.54. The van der Waals surface area contributed by atoms with E-state index in [-0.39, 0.29) is 40.3 Å². The van der Waals surface area contributed by atoms with Crippen molar-refractivity contribution in [1.29, 1.82) is 0 Å². The van der Waals surface area contributed by atoms with Gasteiger partial charge in [-0.3, -0.25) is 19.3 Å². The molecule has 6 nitrogen and oxygen atoms in total. The van der Waals surface area contributed by atoms with Gasteiger partial charge >= 0.3 is 6.61 Å². The van der Waals surface area contributed by atoms with Gasteiger partial charge in [0.1, 0.15) is 5.75 Å². The first kappa shape index (κ1) is 22.4. The van der Waals surface area contributed by atoms with E-state index in [1.165, 1.54) is 43.5 Å². The maximum Gasteiger partial charge on any atom is 0.387 e. The Morgan fingerprint density at radius 3 is 2.30 bits per heavy atom. The van der Waals surface area contributed by atoms with E-state index in [1.54, 1.807) is 6.08 Å². The number of hydrogen-bond donors (Lipinski definition) is 1. The van der Waals surface area contributed by atoms with Crippen LogP contribution >= 0.6 is 11.8 Å². The van der Waals surface area contributed by atoms with Crippen molar-refractivity contribution in [2.45, 2.75) is 45.1 Å². The molecule has 1 N–H and O–H groups in total. The molecule has 4 saturated carbocycles. The van der Waals surface area contributed by atoms with E-state index in [2.05, 4.69) is 10.1 Å². The Morgan fingerprint density at radius 1 is 1.12 bits per heavy atom. The van der Waals surface area contributed by atoms with Gasteiger partial charge < -0.3 is 10.1 Å². The van der Waals surface area contributed by atoms with Crippen LogP contribution in [0.3, 0.4) is 0 Å². The molecule has 1 aromatic carbocycles. The molecule has 9 heteroatoms. The predicted octanol–water partition coefficient (Wildman–Crippen LogP) is 4.66. The molecular weight excluding hydrogens is 450 g/mol. The number of carbonyl (C=O) groups is 3. The maximum absolute atomic E-state index is 13.1. The number of ether oxygens (including phenoxy) is 1. The number of amides is 3. The molecule has 4 bridgehead atoms. The van der Waals surface area contributed by atoms with Crippen molar-refractivity contribution in [2.24, 2.45) is 23.2 Å². The van der Waals surface area contributed by atoms with Crippen LogP contribution in [0.25, 0.3) is 6.08 Å². The molecule has 176 valence electrons. The summed E-state index contributed by atoms with van der Waals surface area (Å²) >= 11 is 0.832. The number of nitrogens with one attached hydrogen (secondary N) is 1. The molecule has 5 fully saturated rings. The highest BCUT2D eigenvalue weighted by molar-refractivity contribution is 8.18. The van der Waals surface area contributed by atoms with E-state index in [0.29, 0.717) is 23.3 Å². The van der Waals surface area contributed by atoms with Crippen LogP contribution in [0.15, 0.2) is 29.2 Å². The molecule has 0 spiro atoms. The smallest absolute Gasteiger partial charge is 0.387 e. The average molecular weight is 477 g/mol. The minimum Gasteiger partial charge on any atom is -0.435 e. The molecule has 0 radical (unpaired) electrons.